The Morgan fingerprint density at radius 3 is 2.40 bits per heavy atom. The number of pyridine rings is 1. The van der Waals surface area contributed by atoms with E-state index in [0.29, 0.717) is 11.3 Å². The lowest BCUT2D eigenvalue weighted by molar-refractivity contribution is -0.114. The van der Waals surface area contributed by atoms with E-state index in [-0.39, 0.29) is 11.4 Å². The Morgan fingerprint density at radius 1 is 1.05 bits per heavy atom. The predicted molar refractivity (Wildman–Crippen MR) is 78.6 cm³/mol. The van der Waals surface area contributed by atoms with Crippen LogP contribution in [0.3, 0.4) is 0 Å². The first kappa shape index (κ1) is 13.4. The minimum atomic E-state index is -0.784. The van der Waals surface area contributed by atoms with Crippen LogP contribution >= 0.6 is 0 Å². The number of hydrogen-bond donors (Lipinski definition) is 4. The van der Waals surface area contributed by atoms with E-state index in [9.17, 15) is 4.79 Å². The highest BCUT2D eigenvalue weighted by molar-refractivity contribution is 6.00. The molecular weight excluding hydrogens is 254 g/mol. The molecule has 2 aromatic rings. The summed E-state index contributed by atoms with van der Waals surface area (Å²) in [4.78, 5) is 15.1. The number of anilines is 1. The van der Waals surface area contributed by atoms with Crippen LogP contribution in [0.1, 0.15) is 5.56 Å². The number of benzene rings is 1. The maximum atomic E-state index is 11.1. The van der Waals surface area contributed by atoms with Crippen LogP contribution in [0.15, 0.2) is 48.4 Å². The molecule has 20 heavy (non-hydrogen) atoms. The third-order valence-electron chi connectivity index (χ3n) is 2.92. The monoisotopic (exact) mass is 269 g/mol. The van der Waals surface area contributed by atoms with Crippen LogP contribution in [-0.4, -0.2) is 10.9 Å². The van der Waals surface area contributed by atoms with Gasteiger partial charge in [-0.2, -0.15) is 0 Å². The minimum Gasteiger partial charge on any atom is -0.398 e. The van der Waals surface area contributed by atoms with Gasteiger partial charge < -0.3 is 22.9 Å². The topological polar surface area (TPSA) is 134 Å². The van der Waals surface area contributed by atoms with E-state index >= 15 is 0 Å². The van der Waals surface area contributed by atoms with Crippen LogP contribution in [-0.2, 0) is 4.79 Å². The van der Waals surface area contributed by atoms with Crippen molar-refractivity contribution in [1.82, 2.24) is 4.98 Å². The van der Waals surface area contributed by atoms with Crippen molar-refractivity contribution in [3.8, 4) is 11.1 Å². The van der Waals surface area contributed by atoms with Gasteiger partial charge in [-0.3, -0.25) is 9.78 Å². The number of carbonyl (C=O) groups excluding carboxylic acids is 1. The summed E-state index contributed by atoms with van der Waals surface area (Å²) in [7, 11) is 0. The molecule has 0 spiro atoms. The Hall–Kier alpha value is -3.02. The van der Waals surface area contributed by atoms with E-state index in [2.05, 4.69) is 4.98 Å². The molecule has 0 aliphatic carbocycles. The second-order valence-electron chi connectivity index (χ2n) is 4.20. The summed E-state index contributed by atoms with van der Waals surface area (Å²) in [5.41, 5.74) is 25.0. The average Bonchev–Trinajstić information content (AvgIpc) is 2.47. The Morgan fingerprint density at radius 2 is 1.80 bits per heavy atom. The second kappa shape index (κ2) is 5.31. The van der Waals surface area contributed by atoms with Crippen molar-refractivity contribution >= 4 is 17.3 Å². The summed E-state index contributed by atoms with van der Waals surface area (Å²) >= 11 is 0. The van der Waals surface area contributed by atoms with E-state index in [1.165, 1.54) is 0 Å². The molecule has 1 amide bonds. The van der Waals surface area contributed by atoms with Crippen molar-refractivity contribution < 1.29 is 4.79 Å². The fourth-order valence-electron chi connectivity index (χ4n) is 1.85. The molecule has 1 aromatic carbocycles. The van der Waals surface area contributed by atoms with Gasteiger partial charge in [0, 0.05) is 34.8 Å². The number of aromatic nitrogens is 1. The Kier molecular flexibility index (Phi) is 3.56. The van der Waals surface area contributed by atoms with Gasteiger partial charge in [0.1, 0.15) is 5.70 Å². The Labute approximate surface area is 116 Å². The molecule has 0 unspecified atom stereocenters. The molecule has 0 aliphatic heterocycles. The standard InChI is InChI=1S/C14H15N5O/c15-11-9(8-3-2-6-19-7-8)4-1-5-10(11)12(16)13(17)14(18)20/h1-7H,15-17H2,(H2,18,20)/b13-12+. The fourth-order valence-corrected chi connectivity index (χ4v) is 1.85. The summed E-state index contributed by atoms with van der Waals surface area (Å²) in [5, 5.41) is 0. The number of nitrogen functional groups attached to an aromatic ring is 1. The van der Waals surface area contributed by atoms with Crippen molar-refractivity contribution in [1.29, 1.82) is 0 Å². The first-order chi connectivity index (χ1) is 9.52. The van der Waals surface area contributed by atoms with Crippen LogP contribution in [0.5, 0.6) is 0 Å². The molecule has 8 N–H and O–H groups in total. The van der Waals surface area contributed by atoms with Gasteiger partial charge in [0.2, 0.25) is 0 Å². The van der Waals surface area contributed by atoms with Crippen molar-refractivity contribution in [2.75, 3.05) is 5.73 Å². The summed E-state index contributed by atoms with van der Waals surface area (Å²) in [6, 6.07) is 8.97. The van der Waals surface area contributed by atoms with E-state index in [4.69, 9.17) is 22.9 Å². The zero-order valence-electron chi connectivity index (χ0n) is 10.7. The third kappa shape index (κ3) is 2.39. The summed E-state index contributed by atoms with van der Waals surface area (Å²) in [6.07, 6.45) is 3.36. The van der Waals surface area contributed by atoms with Gasteiger partial charge >= 0.3 is 0 Å². The van der Waals surface area contributed by atoms with E-state index in [1.54, 1.807) is 30.6 Å². The molecule has 0 fully saturated rings. The Bertz CT molecular complexity index is 679. The minimum absolute atomic E-state index is 0.0701. The van der Waals surface area contributed by atoms with Gasteiger partial charge in [0.05, 0.1) is 5.70 Å². The molecule has 6 heteroatoms. The predicted octanol–water partition coefficient (Wildman–Crippen LogP) is 0.402. The summed E-state index contributed by atoms with van der Waals surface area (Å²) in [5.74, 6) is -0.784. The molecule has 2 rings (SSSR count). The lowest BCUT2D eigenvalue weighted by Gasteiger charge is -2.12. The molecule has 0 atom stereocenters. The maximum absolute atomic E-state index is 11.1. The smallest absolute Gasteiger partial charge is 0.266 e. The molecule has 0 aliphatic rings. The number of primary amides is 1. The molecule has 1 heterocycles. The largest absolute Gasteiger partial charge is 0.398 e. The van der Waals surface area contributed by atoms with Crippen LogP contribution < -0.4 is 22.9 Å². The number of nitrogens with zero attached hydrogens (tertiary/aromatic N) is 1. The van der Waals surface area contributed by atoms with Gasteiger partial charge in [-0.15, -0.1) is 0 Å². The molecule has 6 nitrogen and oxygen atoms in total. The van der Waals surface area contributed by atoms with E-state index in [0.717, 1.165) is 11.1 Å². The quantitative estimate of drug-likeness (QED) is 0.472. The maximum Gasteiger partial charge on any atom is 0.266 e. The molecule has 102 valence electrons. The third-order valence-corrected chi connectivity index (χ3v) is 2.92. The van der Waals surface area contributed by atoms with Gasteiger partial charge in [0.15, 0.2) is 0 Å². The van der Waals surface area contributed by atoms with Crippen LogP contribution in [0.4, 0.5) is 5.69 Å². The SMILES string of the molecule is NC(=O)/C(N)=C(\N)c1cccc(-c2cccnc2)c1N. The van der Waals surface area contributed by atoms with Gasteiger partial charge in [-0.25, -0.2) is 0 Å². The van der Waals surface area contributed by atoms with Crippen LogP contribution in [0, 0.1) is 0 Å². The van der Waals surface area contributed by atoms with Gasteiger partial charge in [-0.05, 0) is 6.07 Å². The van der Waals surface area contributed by atoms with Crippen molar-refractivity contribution in [3.63, 3.8) is 0 Å². The average molecular weight is 269 g/mol. The molecule has 0 bridgehead atoms. The highest BCUT2D eigenvalue weighted by Gasteiger charge is 2.13. The molecule has 0 saturated heterocycles. The number of hydrogen-bond acceptors (Lipinski definition) is 5. The first-order valence-corrected chi connectivity index (χ1v) is 5.86. The molecule has 1 aromatic heterocycles. The second-order valence-corrected chi connectivity index (χ2v) is 4.20. The first-order valence-electron chi connectivity index (χ1n) is 5.86. The molecular formula is C14H15N5O. The fraction of sp³-hybridized carbons (Fsp3) is 0. The number of carbonyl (C=O) groups is 1. The van der Waals surface area contributed by atoms with Crippen molar-refractivity contribution in [3.05, 3.63) is 54.0 Å². The Balaban J connectivity index is 2.60. The molecule has 0 radical (unpaired) electrons. The normalized spacial score (nSPS) is 11.8. The number of nitrogens with two attached hydrogens (primary N) is 4. The number of amides is 1. The zero-order valence-corrected chi connectivity index (χ0v) is 10.7. The summed E-state index contributed by atoms with van der Waals surface area (Å²) in [6.45, 7) is 0. The number of para-hydroxylation sites is 1. The lowest BCUT2D eigenvalue weighted by atomic mass is 9.99. The number of rotatable bonds is 3. The van der Waals surface area contributed by atoms with Crippen molar-refractivity contribution in [2.24, 2.45) is 17.2 Å². The highest BCUT2D eigenvalue weighted by atomic mass is 16.1. The van der Waals surface area contributed by atoms with Gasteiger partial charge in [0.25, 0.3) is 5.91 Å². The highest BCUT2D eigenvalue weighted by Crippen LogP contribution is 2.30. The van der Waals surface area contributed by atoms with Crippen LogP contribution in [0.25, 0.3) is 16.8 Å². The lowest BCUT2D eigenvalue weighted by Crippen LogP contribution is -2.24. The van der Waals surface area contributed by atoms with E-state index in [1.807, 2.05) is 12.1 Å². The van der Waals surface area contributed by atoms with Crippen molar-refractivity contribution in [2.45, 2.75) is 0 Å². The summed E-state index contributed by atoms with van der Waals surface area (Å²) < 4.78 is 0. The zero-order chi connectivity index (χ0) is 14.7. The van der Waals surface area contributed by atoms with E-state index < -0.39 is 5.91 Å². The van der Waals surface area contributed by atoms with Gasteiger partial charge in [-0.1, -0.05) is 24.3 Å². The molecule has 0 saturated carbocycles. The van der Waals surface area contributed by atoms with Crippen LogP contribution in [0.2, 0.25) is 0 Å².